The summed E-state index contributed by atoms with van der Waals surface area (Å²) in [5.41, 5.74) is 14.4. The third kappa shape index (κ3) is 1.77. The summed E-state index contributed by atoms with van der Waals surface area (Å²) < 4.78 is 10.7. The fraction of sp³-hybridized carbons (Fsp3) is 0.538. The molecule has 1 saturated carbocycles. The normalized spacial score (nSPS) is 27.7. The van der Waals surface area contributed by atoms with Gasteiger partial charge in [-0.2, -0.15) is 0 Å². The molecule has 4 N–H and O–H groups in total. The van der Waals surface area contributed by atoms with Gasteiger partial charge >= 0.3 is 0 Å². The van der Waals surface area contributed by atoms with Gasteiger partial charge in [-0.25, -0.2) is 0 Å². The molecule has 2 aliphatic rings. The molecular formula is C13H18N2O2. The van der Waals surface area contributed by atoms with Crippen LogP contribution in [0.2, 0.25) is 0 Å². The van der Waals surface area contributed by atoms with Crippen LogP contribution in [0.1, 0.15) is 30.0 Å². The molecule has 4 nitrogen and oxygen atoms in total. The van der Waals surface area contributed by atoms with Crippen LogP contribution >= 0.6 is 0 Å². The summed E-state index contributed by atoms with van der Waals surface area (Å²) in [5.74, 6) is 2.14. The van der Waals surface area contributed by atoms with E-state index in [1.807, 2.05) is 12.1 Å². The maximum absolute atomic E-state index is 6.31. The Morgan fingerprint density at radius 2 is 1.88 bits per heavy atom. The lowest BCUT2D eigenvalue weighted by Crippen LogP contribution is -2.41. The van der Waals surface area contributed by atoms with Crippen molar-refractivity contribution in [2.24, 2.45) is 17.4 Å². The summed E-state index contributed by atoms with van der Waals surface area (Å²) >= 11 is 0. The average molecular weight is 234 g/mol. The van der Waals surface area contributed by atoms with Gasteiger partial charge in [0.2, 0.25) is 6.79 Å². The lowest BCUT2D eigenvalue weighted by Gasteiger charge is -2.37. The molecule has 1 atom stereocenters. The molecule has 17 heavy (non-hydrogen) atoms. The van der Waals surface area contributed by atoms with E-state index in [0.717, 1.165) is 29.9 Å². The van der Waals surface area contributed by atoms with Gasteiger partial charge in [0, 0.05) is 12.1 Å². The molecule has 1 aromatic rings. The summed E-state index contributed by atoms with van der Waals surface area (Å²) in [4.78, 5) is 0. The first-order valence-electron chi connectivity index (χ1n) is 6.06. The second-order valence-electron chi connectivity index (χ2n) is 5.08. The highest BCUT2D eigenvalue weighted by molar-refractivity contribution is 5.49. The molecule has 1 aliphatic heterocycles. The smallest absolute Gasteiger partial charge is 0.231 e. The Hall–Kier alpha value is -1.26. The van der Waals surface area contributed by atoms with Gasteiger partial charge in [-0.15, -0.1) is 0 Å². The van der Waals surface area contributed by atoms with Crippen LogP contribution in [0.25, 0.3) is 0 Å². The molecule has 1 heterocycles. The van der Waals surface area contributed by atoms with Crippen molar-refractivity contribution in [2.45, 2.75) is 31.8 Å². The Bertz CT molecular complexity index is 441. The van der Waals surface area contributed by atoms with Crippen molar-refractivity contribution < 1.29 is 9.47 Å². The minimum absolute atomic E-state index is 0.0595. The maximum Gasteiger partial charge on any atom is 0.231 e. The number of aryl methyl sites for hydroxylation is 1. The Morgan fingerprint density at radius 1 is 1.24 bits per heavy atom. The van der Waals surface area contributed by atoms with E-state index in [4.69, 9.17) is 20.9 Å². The minimum atomic E-state index is 0.0595. The molecule has 1 fully saturated rings. The predicted molar refractivity (Wildman–Crippen MR) is 64.9 cm³/mol. The molecule has 0 amide bonds. The Labute approximate surface area is 101 Å². The van der Waals surface area contributed by atoms with Crippen molar-refractivity contribution in [3.8, 4) is 11.5 Å². The predicted octanol–water partition coefficient (Wildman–Crippen LogP) is 1.46. The molecule has 4 heteroatoms. The van der Waals surface area contributed by atoms with Gasteiger partial charge in [-0.3, -0.25) is 0 Å². The fourth-order valence-electron chi connectivity index (χ4n) is 2.67. The van der Waals surface area contributed by atoms with Crippen molar-refractivity contribution in [2.75, 3.05) is 6.79 Å². The number of ether oxygens (including phenoxy) is 2. The Balaban J connectivity index is 1.87. The van der Waals surface area contributed by atoms with E-state index in [2.05, 4.69) is 6.92 Å². The number of hydrogen-bond acceptors (Lipinski definition) is 4. The van der Waals surface area contributed by atoms with Crippen LogP contribution in [0.4, 0.5) is 0 Å². The number of hydrogen-bond donors (Lipinski definition) is 2. The second-order valence-corrected chi connectivity index (χ2v) is 5.08. The van der Waals surface area contributed by atoms with Crippen LogP contribution in [-0.4, -0.2) is 12.8 Å². The lowest BCUT2D eigenvalue weighted by molar-refractivity contribution is 0.174. The maximum atomic E-state index is 6.31. The SMILES string of the molecule is Cc1cc2c(cc1C(N)C1CC(N)C1)OCO2. The van der Waals surface area contributed by atoms with Crippen LogP contribution < -0.4 is 20.9 Å². The van der Waals surface area contributed by atoms with Gasteiger partial charge in [-0.05, 0) is 48.9 Å². The molecule has 3 rings (SSSR count). The summed E-state index contributed by atoms with van der Waals surface area (Å²) in [6.45, 7) is 2.37. The molecule has 0 radical (unpaired) electrons. The number of benzene rings is 1. The Kier molecular flexibility index (Phi) is 2.49. The molecule has 1 aromatic carbocycles. The zero-order valence-corrected chi connectivity index (χ0v) is 9.98. The molecule has 1 aliphatic carbocycles. The standard InChI is InChI=1S/C13H18N2O2/c1-7-2-11-12(17-6-16-11)5-10(7)13(15)8-3-9(14)4-8/h2,5,8-9,13H,3-4,6,14-15H2,1H3. The zero-order chi connectivity index (χ0) is 12.0. The largest absolute Gasteiger partial charge is 0.454 e. The molecule has 0 spiro atoms. The van der Waals surface area contributed by atoms with E-state index in [9.17, 15) is 0 Å². The summed E-state index contributed by atoms with van der Waals surface area (Å²) in [5, 5.41) is 0. The molecule has 92 valence electrons. The van der Waals surface area contributed by atoms with Gasteiger partial charge in [0.1, 0.15) is 0 Å². The first kappa shape index (κ1) is 10.9. The molecule has 0 aromatic heterocycles. The zero-order valence-electron chi connectivity index (χ0n) is 9.98. The molecule has 0 saturated heterocycles. The van der Waals surface area contributed by atoms with Gasteiger partial charge in [0.05, 0.1) is 0 Å². The fourth-order valence-corrected chi connectivity index (χ4v) is 2.67. The monoisotopic (exact) mass is 234 g/mol. The van der Waals surface area contributed by atoms with E-state index in [1.165, 1.54) is 5.56 Å². The van der Waals surface area contributed by atoms with Crippen molar-refractivity contribution in [1.82, 2.24) is 0 Å². The van der Waals surface area contributed by atoms with Crippen LogP contribution in [0, 0.1) is 12.8 Å². The quantitative estimate of drug-likeness (QED) is 0.812. The van der Waals surface area contributed by atoms with Crippen LogP contribution in [0.3, 0.4) is 0 Å². The highest BCUT2D eigenvalue weighted by atomic mass is 16.7. The molecule has 0 bridgehead atoms. The highest BCUT2D eigenvalue weighted by Crippen LogP contribution is 2.41. The van der Waals surface area contributed by atoms with E-state index in [-0.39, 0.29) is 6.04 Å². The van der Waals surface area contributed by atoms with Gasteiger partial charge in [0.25, 0.3) is 0 Å². The highest BCUT2D eigenvalue weighted by Gasteiger charge is 2.33. The van der Waals surface area contributed by atoms with Crippen molar-refractivity contribution >= 4 is 0 Å². The number of nitrogens with two attached hydrogens (primary N) is 2. The average Bonchev–Trinajstić information content (AvgIpc) is 2.69. The van der Waals surface area contributed by atoms with Crippen molar-refractivity contribution in [3.63, 3.8) is 0 Å². The van der Waals surface area contributed by atoms with Crippen LogP contribution in [0.5, 0.6) is 11.5 Å². The van der Waals surface area contributed by atoms with Crippen LogP contribution in [0.15, 0.2) is 12.1 Å². The van der Waals surface area contributed by atoms with E-state index in [0.29, 0.717) is 18.8 Å². The van der Waals surface area contributed by atoms with E-state index < -0.39 is 0 Å². The molecule has 1 unspecified atom stereocenters. The minimum Gasteiger partial charge on any atom is -0.454 e. The lowest BCUT2D eigenvalue weighted by atomic mass is 9.73. The number of rotatable bonds is 2. The summed E-state index contributed by atoms with van der Waals surface area (Å²) in [6.07, 6.45) is 2.05. The summed E-state index contributed by atoms with van der Waals surface area (Å²) in [7, 11) is 0. The molecular weight excluding hydrogens is 216 g/mol. The van der Waals surface area contributed by atoms with E-state index in [1.54, 1.807) is 0 Å². The second kappa shape index (κ2) is 3.89. The van der Waals surface area contributed by atoms with Crippen LogP contribution in [-0.2, 0) is 0 Å². The summed E-state index contributed by atoms with van der Waals surface area (Å²) in [6, 6.07) is 4.42. The third-order valence-corrected chi connectivity index (χ3v) is 3.84. The van der Waals surface area contributed by atoms with E-state index >= 15 is 0 Å². The number of fused-ring (bicyclic) bond motifs is 1. The van der Waals surface area contributed by atoms with Gasteiger partial charge in [0.15, 0.2) is 11.5 Å². The topological polar surface area (TPSA) is 70.5 Å². The van der Waals surface area contributed by atoms with Gasteiger partial charge in [-0.1, -0.05) is 0 Å². The third-order valence-electron chi connectivity index (χ3n) is 3.84. The van der Waals surface area contributed by atoms with Crippen molar-refractivity contribution in [3.05, 3.63) is 23.3 Å². The first-order chi connectivity index (χ1) is 8.15. The first-order valence-corrected chi connectivity index (χ1v) is 6.06. The Morgan fingerprint density at radius 3 is 2.53 bits per heavy atom. The van der Waals surface area contributed by atoms with Gasteiger partial charge < -0.3 is 20.9 Å². The van der Waals surface area contributed by atoms with Crippen molar-refractivity contribution in [1.29, 1.82) is 0 Å².